The highest BCUT2D eigenvalue weighted by atomic mass is 16.3. The van der Waals surface area contributed by atoms with Crippen molar-refractivity contribution in [2.45, 2.75) is 0 Å². The number of hydrogen-bond donors (Lipinski definition) is 0. The average Bonchev–Trinajstić information content (AvgIpc) is 3.94. The molecule has 0 spiro atoms. The van der Waals surface area contributed by atoms with Crippen molar-refractivity contribution in [3.63, 3.8) is 0 Å². The van der Waals surface area contributed by atoms with E-state index in [0.29, 0.717) is 17.6 Å². The zero-order valence-corrected chi connectivity index (χ0v) is 30.5. The first-order chi connectivity index (χ1) is 28.3. The van der Waals surface area contributed by atoms with E-state index in [0.717, 1.165) is 93.5 Å². The van der Waals surface area contributed by atoms with E-state index >= 15 is 0 Å². The Labute approximate surface area is 326 Å². The lowest BCUT2D eigenvalue weighted by Crippen LogP contribution is -2.06. The van der Waals surface area contributed by atoms with E-state index in [4.69, 9.17) is 19.4 Å². The maximum Gasteiger partial charge on any atom is 0.238 e. The predicted octanol–water partition coefficient (Wildman–Crippen LogP) is 13.0. The van der Waals surface area contributed by atoms with Crippen molar-refractivity contribution in [3.05, 3.63) is 188 Å². The second kappa shape index (κ2) is 12.3. The molecule has 12 aromatic rings. The molecule has 57 heavy (non-hydrogen) atoms. The second-order valence-electron chi connectivity index (χ2n) is 14.4. The number of rotatable bonds is 5. The van der Waals surface area contributed by atoms with Gasteiger partial charge in [0, 0.05) is 49.1 Å². The molecule has 4 aromatic heterocycles. The van der Waals surface area contributed by atoms with Gasteiger partial charge in [0.25, 0.3) is 0 Å². The van der Waals surface area contributed by atoms with Gasteiger partial charge in [-0.1, -0.05) is 133 Å². The van der Waals surface area contributed by atoms with Crippen molar-refractivity contribution in [2.24, 2.45) is 0 Å². The highest BCUT2D eigenvalue weighted by Crippen LogP contribution is 2.42. The SMILES string of the molecule is c1ccc(-c2ccc3c(c2)oc2cc(-c4nc(-c5ccccc5)nc(-n5c6ccccc6c6ccc7c(c8ccccc8n7-c7ccccc7)c65)n4)ccc23)cc1. The van der Waals surface area contributed by atoms with E-state index in [1.165, 1.54) is 0 Å². The Hall–Kier alpha value is -7.83. The van der Waals surface area contributed by atoms with Crippen LogP contribution in [-0.4, -0.2) is 24.1 Å². The minimum absolute atomic E-state index is 0.548. The molecular weight excluding hydrogens is 699 g/mol. The van der Waals surface area contributed by atoms with Gasteiger partial charge in [0.15, 0.2) is 11.6 Å². The summed E-state index contributed by atoms with van der Waals surface area (Å²) in [6.07, 6.45) is 0. The number of nitrogens with zero attached hydrogens (tertiary/aromatic N) is 5. The lowest BCUT2D eigenvalue weighted by Gasteiger charge is -2.12. The van der Waals surface area contributed by atoms with Gasteiger partial charge in [0.1, 0.15) is 11.2 Å². The summed E-state index contributed by atoms with van der Waals surface area (Å²) in [6.45, 7) is 0. The van der Waals surface area contributed by atoms with E-state index in [-0.39, 0.29) is 0 Å². The maximum absolute atomic E-state index is 6.56. The molecule has 0 saturated carbocycles. The maximum atomic E-state index is 6.56. The lowest BCUT2D eigenvalue weighted by molar-refractivity contribution is 0.669. The lowest BCUT2D eigenvalue weighted by atomic mass is 10.0. The van der Waals surface area contributed by atoms with E-state index in [9.17, 15) is 0 Å². The average molecular weight is 730 g/mol. The molecule has 0 unspecified atom stereocenters. The smallest absolute Gasteiger partial charge is 0.238 e. The summed E-state index contributed by atoms with van der Waals surface area (Å²) in [7, 11) is 0. The third-order valence-corrected chi connectivity index (χ3v) is 11.2. The van der Waals surface area contributed by atoms with Gasteiger partial charge in [0.05, 0.1) is 22.1 Å². The Kier molecular flexibility index (Phi) is 6.83. The molecule has 0 aliphatic rings. The van der Waals surface area contributed by atoms with Crippen LogP contribution in [-0.2, 0) is 0 Å². The normalized spacial score (nSPS) is 11.9. The van der Waals surface area contributed by atoms with Gasteiger partial charge in [-0.3, -0.25) is 4.57 Å². The third kappa shape index (κ3) is 4.87. The Morgan fingerprint density at radius 3 is 1.61 bits per heavy atom. The second-order valence-corrected chi connectivity index (χ2v) is 14.4. The van der Waals surface area contributed by atoms with Crippen LogP contribution in [0.1, 0.15) is 0 Å². The first kappa shape index (κ1) is 31.5. The van der Waals surface area contributed by atoms with Crippen LogP contribution in [0.3, 0.4) is 0 Å². The minimum Gasteiger partial charge on any atom is -0.456 e. The van der Waals surface area contributed by atoms with Crippen LogP contribution in [0.4, 0.5) is 0 Å². The number of benzene rings is 8. The van der Waals surface area contributed by atoms with Crippen LogP contribution in [0.5, 0.6) is 0 Å². The summed E-state index contributed by atoms with van der Waals surface area (Å²) in [4.78, 5) is 15.7. The van der Waals surface area contributed by atoms with Crippen molar-refractivity contribution in [1.82, 2.24) is 24.1 Å². The molecule has 0 atom stereocenters. The minimum atomic E-state index is 0.548. The molecular formula is C51H31N5O. The highest BCUT2D eigenvalue weighted by Gasteiger charge is 2.23. The molecule has 6 nitrogen and oxygen atoms in total. The standard InChI is InChI=1S/C51H31N5O/c1-4-14-32(15-5-1)34-24-26-38-39-27-25-35(31-46(39)57-45(38)30-34)50-52-49(33-16-6-2-7-17-33)53-51(54-50)56-42-22-12-10-20-37(42)40-28-29-44-47(48(40)56)41-21-11-13-23-43(41)55(44)36-18-8-3-9-19-36/h1-31H. The van der Waals surface area contributed by atoms with Crippen molar-refractivity contribution in [3.8, 4) is 45.5 Å². The summed E-state index contributed by atoms with van der Waals surface area (Å²) in [6, 6.07) is 65.5. The van der Waals surface area contributed by atoms with E-state index in [2.05, 4.69) is 161 Å². The molecule has 8 aromatic carbocycles. The molecule has 0 N–H and O–H groups in total. The Morgan fingerprint density at radius 2 is 0.895 bits per heavy atom. The van der Waals surface area contributed by atoms with Gasteiger partial charge in [-0.2, -0.15) is 9.97 Å². The molecule has 0 amide bonds. The van der Waals surface area contributed by atoms with Gasteiger partial charge in [-0.25, -0.2) is 4.98 Å². The number of hydrogen-bond acceptors (Lipinski definition) is 4. The Bertz CT molecular complexity index is 3510. The van der Waals surface area contributed by atoms with Gasteiger partial charge in [-0.05, 0) is 65.7 Å². The van der Waals surface area contributed by atoms with Crippen LogP contribution in [0.15, 0.2) is 192 Å². The summed E-state index contributed by atoms with van der Waals surface area (Å²) < 4.78 is 11.1. The molecule has 6 heteroatoms. The van der Waals surface area contributed by atoms with Gasteiger partial charge < -0.3 is 8.98 Å². The Morgan fingerprint density at radius 1 is 0.351 bits per heavy atom. The first-order valence-electron chi connectivity index (χ1n) is 19.1. The van der Waals surface area contributed by atoms with Gasteiger partial charge >= 0.3 is 0 Å². The van der Waals surface area contributed by atoms with E-state index < -0.39 is 0 Å². The first-order valence-corrected chi connectivity index (χ1v) is 19.1. The third-order valence-electron chi connectivity index (χ3n) is 11.2. The summed E-state index contributed by atoms with van der Waals surface area (Å²) >= 11 is 0. The highest BCUT2D eigenvalue weighted by molar-refractivity contribution is 6.26. The van der Waals surface area contributed by atoms with Crippen LogP contribution in [0.2, 0.25) is 0 Å². The predicted molar refractivity (Wildman–Crippen MR) is 232 cm³/mol. The van der Waals surface area contributed by atoms with Crippen molar-refractivity contribution in [2.75, 3.05) is 0 Å². The summed E-state index contributed by atoms with van der Waals surface area (Å²) in [5.41, 5.74) is 11.1. The molecule has 0 aliphatic heterocycles. The van der Waals surface area contributed by atoms with Gasteiger partial charge in [-0.15, -0.1) is 0 Å². The zero-order valence-electron chi connectivity index (χ0n) is 30.5. The quantitative estimate of drug-likeness (QED) is 0.177. The van der Waals surface area contributed by atoms with Crippen molar-refractivity contribution in [1.29, 1.82) is 0 Å². The molecule has 0 fully saturated rings. The molecule has 0 bridgehead atoms. The topological polar surface area (TPSA) is 61.7 Å². The van der Waals surface area contributed by atoms with E-state index in [1.54, 1.807) is 0 Å². The fraction of sp³-hybridized carbons (Fsp3) is 0. The summed E-state index contributed by atoms with van der Waals surface area (Å²) in [5.74, 6) is 1.71. The van der Waals surface area contributed by atoms with Crippen molar-refractivity contribution < 1.29 is 4.42 Å². The molecule has 0 radical (unpaired) electrons. The van der Waals surface area contributed by atoms with Crippen LogP contribution < -0.4 is 0 Å². The largest absolute Gasteiger partial charge is 0.456 e. The monoisotopic (exact) mass is 729 g/mol. The number of aromatic nitrogens is 5. The fourth-order valence-electron chi connectivity index (χ4n) is 8.61. The molecule has 266 valence electrons. The van der Waals surface area contributed by atoms with Crippen LogP contribution >= 0.6 is 0 Å². The van der Waals surface area contributed by atoms with Crippen LogP contribution in [0.25, 0.3) is 111 Å². The van der Waals surface area contributed by atoms with Gasteiger partial charge in [0.2, 0.25) is 5.95 Å². The van der Waals surface area contributed by atoms with E-state index in [1.807, 2.05) is 36.4 Å². The fourth-order valence-corrected chi connectivity index (χ4v) is 8.61. The van der Waals surface area contributed by atoms with Crippen LogP contribution in [0, 0.1) is 0 Å². The van der Waals surface area contributed by atoms with Crippen molar-refractivity contribution >= 4 is 65.6 Å². The number of fused-ring (bicyclic) bond motifs is 10. The molecule has 0 saturated heterocycles. The number of para-hydroxylation sites is 3. The number of furan rings is 1. The molecule has 12 rings (SSSR count). The summed E-state index contributed by atoms with van der Waals surface area (Å²) in [5, 5.41) is 6.69. The molecule has 4 heterocycles. The Balaban J connectivity index is 1.13. The zero-order chi connectivity index (χ0) is 37.5. The molecule has 0 aliphatic carbocycles.